The highest BCUT2D eigenvalue weighted by Crippen LogP contribution is 2.27. The van der Waals surface area contributed by atoms with Crippen LogP contribution in [0.3, 0.4) is 0 Å². The molecule has 3 aromatic rings. The SMILES string of the molecule is CC(NC(=O)c1ccccc1NC(=O)CN(c1ccccc1Cl)S(C)(=O)=O)c1ccccc1. The van der Waals surface area contributed by atoms with E-state index in [4.69, 9.17) is 11.6 Å². The number of hydrogen-bond acceptors (Lipinski definition) is 4. The van der Waals surface area contributed by atoms with E-state index >= 15 is 0 Å². The monoisotopic (exact) mass is 485 g/mol. The Morgan fingerprint density at radius 1 is 0.939 bits per heavy atom. The Bertz CT molecular complexity index is 1250. The van der Waals surface area contributed by atoms with Crippen LogP contribution in [0.1, 0.15) is 28.9 Å². The zero-order chi connectivity index (χ0) is 24.0. The van der Waals surface area contributed by atoms with Crippen LogP contribution in [0.5, 0.6) is 0 Å². The number of carbonyl (C=O) groups excluding carboxylic acids is 2. The molecule has 0 fully saturated rings. The van der Waals surface area contributed by atoms with Gasteiger partial charge in [-0.3, -0.25) is 13.9 Å². The Kier molecular flexibility index (Phi) is 7.73. The highest BCUT2D eigenvalue weighted by molar-refractivity contribution is 7.92. The van der Waals surface area contributed by atoms with Gasteiger partial charge in [0.25, 0.3) is 5.91 Å². The maximum absolute atomic E-state index is 12.9. The first-order valence-corrected chi connectivity index (χ1v) is 12.4. The third-order valence-electron chi connectivity index (χ3n) is 4.90. The number of amides is 2. The molecule has 0 aromatic heterocycles. The Hall–Kier alpha value is -3.36. The third kappa shape index (κ3) is 6.34. The highest BCUT2D eigenvalue weighted by Gasteiger charge is 2.24. The number of carbonyl (C=O) groups is 2. The smallest absolute Gasteiger partial charge is 0.253 e. The van der Waals surface area contributed by atoms with Crippen molar-refractivity contribution in [3.05, 3.63) is 95.0 Å². The van der Waals surface area contributed by atoms with Gasteiger partial charge in [-0.2, -0.15) is 0 Å². The number of halogens is 1. The van der Waals surface area contributed by atoms with Crippen molar-refractivity contribution in [1.82, 2.24) is 5.32 Å². The fraction of sp³-hybridized carbons (Fsp3) is 0.167. The summed E-state index contributed by atoms with van der Waals surface area (Å²) in [5.74, 6) is -0.981. The lowest BCUT2D eigenvalue weighted by Crippen LogP contribution is -2.38. The molecule has 1 unspecified atom stereocenters. The minimum absolute atomic E-state index is 0.194. The Labute approximate surface area is 198 Å². The Morgan fingerprint density at radius 2 is 1.55 bits per heavy atom. The van der Waals surface area contributed by atoms with Gasteiger partial charge in [-0.1, -0.05) is 66.2 Å². The van der Waals surface area contributed by atoms with E-state index in [2.05, 4.69) is 10.6 Å². The van der Waals surface area contributed by atoms with E-state index in [1.807, 2.05) is 37.3 Å². The molecule has 0 aliphatic heterocycles. The van der Waals surface area contributed by atoms with Gasteiger partial charge in [-0.05, 0) is 36.8 Å². The number of benzene rings is 3. The van der Waals surface area contributed by atoms with Gasteiger partial charge in [0.05, 0.1) is 34.3 Å². The van der Waals surface area contributed by atoms with E-state index in [-0.39, 0.29) is 33.9 Å². The predicted molar refractivity (Wildman–Crippen MR) is 131 cm³/mol. The molecule has 0 saturated carbocycles. The van der Waals surface area contributed by atoms with E-state index in [1.165, 1.54) is 6.07 Å². The molecule has 0 heterocycles. The van der Waals surface area contributed by atoms with Gasteiger partial charge in [-0.15, -0.1) is 0 Å². The van der Waals surface area contributed by atoms with Gasteiger partial charge >= 0.3 is 0 Å². The lowest BCUT2D eigenvalue weighted by Gasteiger charge is -2.23. The van der Waals surface area contributed by atoms with Gasteiger partial charge in [-0.25, -0.2) is 8.42 Å². The molecule has 0 bridgehead atoms. The van der Waals surface area contributed by atoms with Crippen LogP contribution in [-0.4, -0.2) is 33.0 Å². The Morgan fingerprint density at radius 3 is 2.21 bits per heavy atom. The van der Waals surface area contributed by atoms with Crippen molar-refractivity contribution in [3.8, 4) is 0 Å². The molecular weight excluding hydrogens is 462 g/mol. The Balaban J connectivity index is 1.77. The van der Waals surface area contributed by atoms with E-state index in [0.717, 1.165) is 16.1 Å². The predicted octanol–water partition coefficient (Wildman–Crippen LogP) is 4.24. The molecule has 0 aliphatic rings. The number of para-hydroxylation sites is 2. The largest absolute Gasteiger partial charge is 0.345 e. The number of sulfonamides is 1. The quantitative estimate of drug-likeness (QED) is 0.499. The molecule has 0 radical (unpaired) electrons. The summed E-state index contributed by atoms with van der Waals surface area (Å²) >= 11 is 6.14. The van der Waals surface area contributed by atoms with Crippen molar-refractivity contribution in [2.75, 3.05) is 22.4 Å². The second kappa shape index (κ2) is 10.5. The van der Waals surface area contributed by atoms with Crippen LogP contribution in [0, 0.1) is 0 Å². The van der Waals surface area contributed by atoms with Crippen molar-refractivity contribution in [1.29, 1.82) is 0 Å². The molecule has 0 aliphatic carbocycles. The second-order valence-electron chi connectivity index (χ2n) is 7.42. The van der Waals surface area contributed by atoms with E-state index in [9.17, 15) is 18.0 Å². The van der Waals surface area contributed by atoms with Gasteiger partial charge < -0.3 is 10.6 Å². The molecule has 9 heteroatoms. The topological polar surface area (TPSA) is 95.6 Å². The molecule has 3 rings (SSSR count). The van der Waals surface area contributed by atoms with Gasteiger partial charge in [0, 0.05) is 0 Å². The van der Waals surface area contributed by atoms with E-state index in [1.54, 1.807) is 42.5 Å². The molecule has 7 nitrogen and oxygen atoms in total. The van der Waals surface area contributed by atoms with Crippen molar-refractivity contribution >= 4 is 44.8 Å². The van der Waals surface area contributed by atoms with Crippen LogP contribution in [0.15, 0.2) is 78.9 Å². The number of nitrogens with one attached hydrogen (secondary N) is 2. The highest BCUT2D eigenvalue weighted by atomic mass is 35.5. The number of anilines is 2. The molecule has 1 atom stereocenters. The fourth-order valence-electron chi connectivity index (χ4n) is 3.24. The molecule has 0 saturated heterocycles. The summed E-state index contributed by atoms with van der Waals surface area (Å²) in [6.45, 7) is 1.36. The van der Waals surface area contributed by atoms with E-state index in [0.29, 0.717) is 0 Å². The molecule has 33 heavy (non-hydrogen) atoms. The normalized spacial score (nSPS) is 12.0. The summed E-state index contributed by atoms with van der Waals surface area (Å²) in [6, 6.07) is 22.1. The summed E-state index contributed by atoms with van der Waals surface area (Å²) in [4.78, 5) is 25.7. The van der Waals surface area contributed by atoms with Crippen LogP contribution >= 0.6 is 11.6 Å². The minimum atomic E-state index is -3.79. The van der Waals surface area contributed by atoms with Gasteiger partial charge in [0.15, 0.2) is 0 Å². The summed E-state index contributed by atoms with van der Waals surface area (Å²) in [6.07, 6.45) is 0.996. The molecule has 0 spiro atoms. The average molecular weight is 486 g/mol. The molecular formula is C24H24ClN3O4S. The van der Waals surface area contributed by atoms with Crippen molar-refractivity contribution in [2.45, 2.75) is 13.0 Å². The average Bonchev–Trinajstić information content (AvgIpc) is 2.78. The third-order valence-corrected chi connectivity index (χ3v) is 6.35. The molecule has 3 aromatic carbocycles. The summed E-state index contributed by atoms with van der Waals surface area (Å²) < 4.78 is 25.6. The van der Waals surface area contributed by atoms with Crippen molar-refractivity contribution in [3.63, 3.8) is 0 Å². The summed E-state index contributed by atoms with van der Waals surface area (Å²) in [7, 11) is -3.79. The fourth-order valence-corrected chi connectivity index (χ4v) is 4.40. The number of hydrogen-bond donors (Lipinski definition) is 2. The summed E-state index contributed by atoms with van der Waals surface area (Å²) in [5, 5.41) is 5.76. The maximum Gasteiger partial charge on any atom is 0.253 e. The lowest BCUT2D eigenvalue weighted by atomic mass is 10.1. The zero-order valence-electron chi connectivity index (χ0n) is 18.2. The number of rotatable bonds is 8. The molecule has 2 N–H and O–H groups in total. The van der Waals surface area contributed by atoms with E-state index < -0.39 is 22.5 Å². The zero-order valence-corrected chi connectivity index (χ0v) is 19.7. The van der Waals surface area contributed by atoms with Crippen LogP contribution in [-0.2, 0) is 14.8 Å². The first-order valence-electron chi connectivity index (χ1n) is 10.1. The second-order valence-corrected chi connectivity index (χ2v) is 9.73. The van der Waals surface area contributed by atoms with Gasteiger partial charge in [0.2, 0.25) is 15.9 Å². The summed E-state index contributed by atoms with van der Waals surface area (Å²) in [5.41, 5.74) is 1.67. The molecule has 2 amide bonds. The first kappa shape index (κ1) is 24.3. The van der Waals surface area contributed by atoms with Gasteiger partial charge in [0.1, 0.15) is 6.54 Å². The van der Waals surface area contributed by atoms with Crippen LogP contribution < -0.4 is 14.9 Å². The van der Waals surface area contributed by atoms with Crippen molar-refractivity contribution < 1.29 is 18.0 Å². The standard InChI is InChI=1S/C24H24ClN3O4S/c1-17(18-10-4-3-5-11-18)26-24(30)19-12-6-8-14-21(19)27-23(29)16-28(33(2,31)32)22-15-9-7-13-20(22)25/h3-15,17H,16H2,1-2H3,(H,26,30)(H,27,29). The number of nitrogens with zero attached hydrogens (tertiary/aromatic N) is 1. The van der Waals surface area contributed by atoms with Crippen LogP contribution in [0.4, 0.5) is 11.4 Å². The minimum Gasteiger partial charge on any atom is -0.345 e. The van der Waals surface area contributed by atoms with Crippen molar-refractivity contribution in [2.24, 2.45) is 0 Å². The lowest BCUT2D eigenvalue weighted by molar-refractivity contribution is -0.114. The maximum atomic E-state index is 12.9. The van der Waals surface area contributed by atoms with Crippen LogP contribution in [0.2, 0.25) is 5.02 Å². The first-order chi connectivity index (χ1) is 15.7. The van der Waals surface area contributed by atoms with Crippen LogP contribution in [0.25, 0.3) is 0 Å². The molecule has 172 valence electrons.